The molecule has 0 aliphatic carbocycles. The van der Waals surface area contributed by atoms with Crippen molar-refractivity contribution in [3.63, 3.8) is 0 Å². The van der Waals surface area contributed by atoms with Crippen molar-refractivity contribution in [2.45, 2.75) is 24.0 Å². The zero-order valence-corrected chi connectivity index (χ0v) is 14.2. The predicted molar refractivity (Wildman–Crippen MR) is 93.1 cm³/mol. The molecule has 0 unspecified atom stereocenters. The molecule has 7 heteroatoms. The lowest BCUT2D eigenvalue weighted by Crippen LogP contribution is -2.37. The minimum absolute atomic E-state index is 0.327. The van der Waals surface area contributed by atoms with Crippen LogP contribution in [-0.4, -0.2) is 30.1 Å². The van der Waals surface area contributed by atoms with Crippen molar-refractivity contribution < 1.29 is 14.5 Å². The number of nitrogens with one attached hydrogen (secondary N) is 1. The van der Waals surface area contributed by atoms with Crippen molar-refractivity contribution in [3.05, 3.63) is 80.9 Å². The summed E-state index contributed by atoms with van der Waals surface area (Å²) in [5.74, 6) is -1.15. The summed E-state index contributed by atoms with van der Waals surface area (Å²) in [7, 11) is 1.28. The topological polar surface area (TPSA) is 81.5 Å². The fourth-order valence-corrected chi connectivity index (χ4v) is 3.55. The first-order chi connectivity index (χ1) is 12.0. The molecule has 1 aliphatic rings. The van der Waals surface area contributed by atoms with E-state index < -0.39 is 30.0 Å². The number of esters is 1. The Bertz CT molecular complexity index is 766. The highest BCUT2D eigenvalue weighted by Gasteiger charge is 2.54. The van der Waals surface area contributed by atoms with Crippen LogP contribution in [0.2, 0.25) is 5.02 Å². The Morgan fingerprint density at radius 2 is 1.76 bits per heavy atom. The van der Waals surface area contributed by atoms with Gasteiger partial charge in [0.2, 0.25) is 6.04 Å². The maximum absolute atomic E-state index is 12.3. The minimum Gasteiger partial charge on any atom is -0.468 e. The van der Waals surface area contributed by atoms with E-state index in [9.17, 15) is 14.9 Å². The van der Waals surface area contributed by atoms with Gasteiger partial charge in [-0.1, -0.05) is 54.1 Å². The Morgan fingerprint density at radius 3 is 2.32 bits per heavy atom. The first-order valence-corrected chi connectivity index (χ1v) is 8.18. The predicted octanol–water partition coefficient (Wildman–Crippen LogP) is 2.96. The molecule has 4 atom stereocenters. The van der Waals surface area contributed by atoms with Gasteiger partial charge in [-0.05, 0) is 23.3 Å². The molecule has 2 aromatic rings. The number of nitro groups is 1. The highest BCUT2D eigenvalue weighted by Crippen LogP contribution is 2.40. The van der Waals surface area contributed by atoms with Gasteiger partial charge in [0.05, 0.1) is 13.0 Å². The summed E-state index contributed by atoms with van der Waals surface area (Å²) in [5, 5.41) is 15.5. The van der Waals surface area contributed by atoms with Crippen LogP contribution in [-0.2, 0) is 9.53 Å². The van der Waals surface area contributed by atoms with Crippen LogP contribution in [0, 0.1) is 10.1 Å². The third-order valence-electron chi connectivity index (χ3n) is 4.54. The number of rotatable bonds is 4. The summed E-state index contributed by atoms with van der Waals surface area (Å²) in [5.41, 5.74) is 1.43. The molecule has 130 valence electrons. The lowest BCUT2D eigenvalue weighted by molar-refractivity contribution is -0.527. The number of halogens is 1. The second-order valence-electron chi connectivity index (χ2n) is 5.91. The molecule has 6 nitrogen and oxygen atoms in total. The summed E-state index contributed by atoms with van der Waals surface area (Å²) >= 11 is 5.92. The number of nitrogens with zero attached hydrogens (tertiary/aromatic N) is 1. The zero-order chi connectivity index (χ0) is 18.0. The second-order valence-corrected chi connectivity index (χ2v) is 6.35. The minimum atomic E-state index is -1.01. The number of hydrogen-bond acceptors (Lipinski definition) is 5. The van der Waals surface area contributed by atoms with Crippen molar-refractivity contribution in [1.29, 1.82) is 0 Å². The highest BCUT2D eigenvalue weighted by atomic mass is 35.5. The van der Waals surface area contributed by atoms with Crippen molar-refractivity contribution in [2.75, 3.05) is 7.11 Å². The summed E-state index contributed by atoms with van der Waals surface area (Å²) in [4.78, 5) is 23.8. The second kappa shape index (κ2) is 7.21. The third-order valence-corrected chi connectivity index (χ3v) is 4.79. The van der Waals surface area contributed by atoms with Gasteiger partial charge >= 0.3 is 5.97 Å². The van der Waals surface area contributed by atoms with E-state index in [4.69, 9.17) is 16.3 Å². The number of benzene rings is 2. The first kappa shape index (κ1) is 17.4. The van der Waals surface area contributed by atoms with Gasteiger partial charge in [-0.15, -0.1) is 0 Å². The molecule has 0 bridgehead atoms. The van der Waals surface area contributed by atoms with E-state index >= 15 is 0 Å². The molecule has 3 rings (SSSR count). The quantitative estimate of drug-likeness (QED) is 0.515. The highest BCUT2D eigenvalue weighted by molar-refractivity contribution is 6.30. The van der Waals surface area contributed by atoms with Gasteiger partial charge < -0.3 is 4.74 Å². The van der Waals surface area contributed by atoms with E-state index in [-0.39, 0.29) is 4.92 Å². The molecule has 1 heterocycles. The van der Waals surface area contributed by atoms with Crippen molar-refractivity contribution in [2.24, 2.45) is 0 Å². The first-order valence-electron chi connectivity index (χ1n) is 7.80. The number of ether oxygens (including phenoxy) is 1. The molecule has 0 amide bonds. The van der Waals surface area contributed by atoms with Crippen LogP contribution in [0.4, 0.5) is 0 Å². The smallest absolute Gasteiger partial charge is 0.323 e. The molecule has 1 aliphatic heterocycles. The Labute approximate surface area is 149 Å². The van der Waals surface area contributed by atoms with Gasteiger partial charge in [0, 0.05) is 9.95 Å². The summed E-state index contributed by atoms with van der Waals surface area (Å²) in [6.07, 6.45) is 0. The molecule has 1 fully saturated rings. The van der Waals surface area contributed by atoms with Gasteiger partial charge in [0.25, 0.3) is 0 Å². The number of hydrogen-bond donors (Lipinski definition) is 1. The van der Waals surface area contributed by atoms with Gasteiger partial charge in [-0.25, -0.2) is 0 Å². The van der Waals surface area contributed by atoms with Crippen molar-refractivity contribution in [1.82, 2.24) is 5.32 Å². The van der Waals surface area contributed by atoms with Crippen LogP contribution in [0.1, 0.15) is 23.1 Å². The fraction of sp³-hybridized carbons (Fsp3) is 0.278. The van der Waals surface area contributed by atoms with Gasteiger partial charge in [0.15, 0.2) is 0 Å². The van der Waals surface area contributed by atoms with Gasteiger partial charge in [-0.3, -0.25) is 20.2 Å². The maximum Gasteiger partial charge on any atom is 0.323 e. The Kier molecular flexibility index (Phi) is 5.01. The Hall–Kier alpha value is -2.44. The average molecular weight is 361 g/mol. The Morgan fingerprint density at radius 1 is 1.12 bits per heavy atom. The summed E-state index contributed by atoms with van der Waals surface area (Å²) in [6, 6.07) is 13.4. The zero-order valence-electron chi connectivity index (χ0n) is 13.5. The lowest BCUT2D eigenvalue weighted by Gasteiger charge is -2.19. The monoisotopic (exact) mass is 360 g/mol. The van der Waals surface area contributed by atoms with Crippen LogP contribution in [0.3, 0.4) is 0 Å². The van der Waals surface area contributed by atoms with E-state index in [0.29, 0.717) is 10.6 Å². The van der Waals surface area contributed by atoms with Crippen LogP contribution in [0.5, 0.6) is 0 Å². The summed E-state index contributed by atoms with van der Waals surface area (Å²) < 4.78 is 4.87. The molecule has 2 aromatic carbocycles. The Balaban J connectivity index is 2.07. The van der Waals surface area contributed by atoms with E-state index in [1.807, 2.05) is 6.07 Å². The van der Waals surface area contributed by atoms with Crippen molar-refractivity contribution in [3.8, 4) is 0 Å². The molecule has 0 radical (unpaired) electrons. The van der Waals surface area contributed by atoms with E-state index in [1.54, 1.807) is 48.5 Å². The fourth-order valence-electron chi connectivity index (χ4n) is 3.42. The van der Waals surface area contributed by atoms with Crippen LogP contribution in [0.25, 0.3) is 0 Å². The van der Waals surface area contributed by atoms with E-state index in [0.717, 1.165) is 5.56 Å². The number of carbonyl (C=O) groups is 1. The van der Waals surface area contributed by atoms with Crippen LogP contribution in [0.15, 0.2) is 54.6 Å². The normalized spacial score (nSPS) is 25.5. The number of methoxy groups -OCH3 is 1. The molecule has 0 saturated carbocycles. The van der Waals surface area contributed by atoms with E-state index in [2.05, 4.69) is 5.32 Å². The lowest BCUT2D eigenvalue weighted by atomic mass is 9.85. The SMILES string of the molecule is COC(=O)[C@H]1N[C@@H](c2ccc(Cl)cc2)[C@@H]([N+](=O)[O-])[C@@H]1c1ccccc1. The summed E-state index contributed by atoms with van der Waals surface area (Å²) in [6.45, 7) is 0. The maximum atomic E-state index is 12.3. The molecule has 0 spiro atoms. The molecule has 25 heavy (non-hydrogen) atoms. The van der Waals surface area contributed by atoms with Crippen LogP contribution >= 0.6 is 11.6 Å². The molecular formula is C18H17ClN2O4. The number of carbonyl (C=O) groups excluding carboxylic acids is 1. The van der Waals surface area contributed by atoms with E-state index in [1.165, 1.54) is 7.11 Å². The molecule has 0 aromatic heterocycles. The van der Waals surface area contributed by atoms with Gasteiger partial charge in [-0.2, -0.15) is 0 Å². The molecular weight excluding hydrogens is 344 g/mol. The average Bonchev–Trinajstić information content (AvgIpc) is 3.03. The third kappa shape index (κ3) is 3.36. The molecule has 1 saturated heterocycles. The van der Waals surface area contributed by atoms with Crippen LogP contribution < -0.4 is 5.32 Å². The largest absolute Gasteiger partial charge is 0.468 e. The van der Waals surface area contributed by atoms with Gasteiger partial charge in [0.1, 0.15) is 12.1 Å². The van der Waals surface area contributed by atoms with Crippen molar-refractivity contribution >= 4 is 17.6 Å². The molecule has 1 N–H and O–H groups in total. The standard InChI is InChI=1S/C18H17ClN2O4/c1-25-18(22)16-14(11-5-3-2-4-6-11)17(21(23)24)15(20-16)12-7-9-13(19)10-8-12/h2-10,14-17,20H,1H3/t14-,15+,16+,17+/m1/s1.